The van der Waals surface area contributed by atoms with Gasteiger partial charge in [0, 0.05) is 0 Å². The highest BCUT2D eigenvalue weighted by Gasteiger charge is 2.27. The van der Waals surface area contributed by atoms with Crippen molar-refractivity contribution >= 4 is 27.8 Å². The molecule has 0 radical (unpaired) electrons. The molecule has 3 unspecified atom stereocenters. The number of alkyl halides is 1. The van der Waals surface area contributed by atoms with E-state index in [1.165, 1.54) is 7.11 Å². The number of carbonyl (C=O) groups is 2. The van der Waals surface area contributed by atoms with Gasteiger partial charge in [0.05, 0.1) is 11.9 Å². The molecule has 0 aliphatic carbocycles. The third kappa shape index (κ3) is 4.64. The maximum absolute atomic E-state index is 11.4. The Hall–Kier alpha value is -0.580. The van der Waals surface area contributed by atoms with E-state index in [1.807, 2.05) is 13.8 Å². The van der Waals surface area contributed by atoms with E-state index in [9.17, 15) is 9.59 Å². The highest BCUT2D eigenvalue weighted by atomic mass is 79.9. The molecule has 0 rings (SSSR count). The number of halogens is 1. The zero-order chi connectivity index (χ0) is 12.0. The molecule has 0 aromatic heterocycles. The lowest BCUT2D eigenvalue weighted by atomic mass is 9.99. The van der Waals surface area contributed by atoms with E-state index in [4.69, 9.17) is 0 Å². The molecule has 0 spiro atoms. The molecule has 88 valence electrons. The lowest BCUT2D eigenvalue weighted by molar-refractivity contribution is -0.146. The maximum atomic E-state index is 11.4. The van der Waals surface area contributed by atoms with E-state index in [0.717, 1.165) is 6.42 Å². The SMILES string of the molecule is CCC(C)C(NC(=O)C(C)Br)C(=O)OC. The van der Waals surface area contributed by atoms with Crippen LogP contribution in [-0.2, 0) is 14.3 Å². The first-order valence-electron chi connectivity index (χ1n) is 4.96. The van der Waals surface area contributed by atoms with E-state index < -0.39 is 12.0 Å². The highest BCUT2D eigenvalue weighted by molar-refractivity contribution is 9.10. The molecule has 5 heteroatoms. The molecule has 3 atom stereocenters. The first kappa shape index (κ1) is 14.4. The molecule has 1 N–H and O–H groups in total. The molecule has 0 aliphatic heterocycles. The summed E-state index contributed by atoms with van der Waals surface area (Å²) >= 11 is 3.15. The second kappa shape index (κ2) is 6.82. The molecule has 15 heavy (non-hydrogen) atoms. The lowest BCUT2D eigenvalue weighted by Gasteiger charge is -2.22. The molecule has 1 amide bonds. The summed E-state index contributed by atoms with van der Waals surface area (Å²) in [7, 11) is 1.32. The van der Waals surface area contributed by atoms with Crippen LogP contribution in [0.25, 0.3) is 0 Å². The molecule has 0 aliphatic rings. The van der Waals surface area contributed by atoms with Gasteiger partial charge in [-0.05, 0) is 12.8 Å². The number of hydrogen-bond donors (Lipinski definition) is 1. The smallest absolute Gasteiger partial charge is 0.328 e. The van der Waals surface area contributed by atoms with Crippen molar-refractivity contribution in [3.05, 3.63) is 0 Å². The summed E-state index contributed by atoms with van der Waals surface area (Å²) in [5.74, 6) is -0.538. The Morgan fingerprint density at radius 3 is 2.27 bits per heavy atom. The van der Waals surface area contributed by atoms with Crippen molar-refractivity contribution in [3.8, 4) is 0 Å². The minimum atomic E-state index is -0.563. The Labute approximate surface area is 98.9 Å². The Balaban J connectivity index is 4.51. The third-order valence-corrected chi connectivity index (χ3v) is 2.74. The fourth-order valence-electron chi connectivity index (χ4n) is 1.06. The van der Waals surface area contributed by atoms with Crippen LogP contribution in [0.2, 0.25) is 0 Å². The molecule has 4 nitrogen and oxygen atoms in total. The van der Waals surface area contributed by atoms with Crippen LogP contribution in [0, 0.1) is 5.92 Å². The van der Waals surface area contributed by atoms with Crippen LogP contribution in [0.3, 0.4) is 0 Å². The fraction of sp³-hybridized carbons (Fsp3) is 0.800. The van der Waals surface area contributed by atoms with Crippen LogP contribution >= 0.6 is 15.9 Å². The van der Waals surface area contributed by atoms with Crippen LogP contribution in [0.1, 0.15) is 27.2 Å². The normalized spacial score (nSPS) is 16.3. The molecular formula is C10H18BrNO3. The summed E-state index contributed by atoms with van der Waals surface area (Å²) in [6.45, 7) is 5.57. The minimum Gasteiger partial charge on any atom is -0.467 e. The summed E-state index contributed by atoms with van der Waals surface area (Å²) in [6, 6.07) is -0.563. The molecular weight excluding hydrogens is 262 g/mol. The first-order valence-corrected chi connectivity index (χ1v) is 5.87. The second-order valence-corrected chi connectivity index (χ2v) is 4.88. The van der Waals surface area contributed by atoms with Crippen molar-refractivity contribution in [2.24, 2.45) is 5.92 Å². The van der Waals surface area contributed by atoms with Gasteiger partial charge < -0.3 is 10.1 Å². The summed E-state index contributed by atoms with van der Waals surface area (Å²) in [5.41, 5.74) is 0. The van der Waals surface area contributed by atoms with Crippen LogP contribution in [0.5, 0.6) is 0 Å². The van der Waals surface area contributed by atoms with Gasteiger partial charge in [-0.25, -0.2) is 4.79 Å². The Kier molecular flexibility index (Phi) is 6.56. The van der Waals surface area contributed by atoms with Crippen LogP contribution < -0.4 is 5.32 Å². The number of esters is 1. The van der Waals surface area contributed by atoms with Crippen LogP contribution in [0.4, 0.5) is 0 Å². The fourth-order valence-corrected chi connectivity index (χ4v) is 1.20. The summed E-state index contributed by atoms with van der Waals surface area (Å²) in [6.07, 6.45) is 0.802. The van der Waals surface area contributed by atoms with E-state index in [2.05, 4.69) is 26.0 Å². The van der Waals surface area contributed by atoms with Crippen LogP contribution in [-0.4, -0.2) is 29.9 Å². The van der Waals surface area contributed by atoms with Crippen molar-refractivity contribution in [3.63, 3.8) is 0 Å². The van der Waals surface area contributed by atoms with E-state index in [-0.39, 0.29) is 16.7 Å². The molecule has 0 saturated carbocycles. The number of ether oxygens (including phenoxy) is 1. The predicted molar refractivity (Wildman–Crippen MR) is 61.8 cm³/mol. The van der Waals surface area contributed by atoms with Crippen LogP contribution in [0.15, 0.2) is 0 Å². The molecule has 0 bridgehead atoms. The van der Waals surface area contributed by atoms with Gasteiger partial charge in [-0.3, -0.25) is 4.79 Å². The van der Waals surface area contributed by atoms with Gasteiger partial charge >= 0.3 is 5.97 Å². The quantitative estimate of drug-likeness (QED) is 0.613. The Bertz CT molecular complexity index is 231. The van der Waals surface area contributed by atoms with Crippen molar-refractivity contribution in [2.75, 3.05) is 7.11 Å². The molecule has 0 heterocycles. The van der Waals surface area contributed by atoms with E-state index in [0.29, 0.717) is 0 Å². The topological polar surface area (TPSA) is 55.4 Å². The average molecular weight is 280 g/mol. The molecule has 0 aromatic rings. The summed E-state index contributed by atoms with van der Waals surface area (Å²) in [4.78, 5) is 22.5. The lowest BCUT2D eigenvalue weighted by Crippen LogP contribution is -2.47. The number of nitrogens with one attached hydrogen (secondary N) is 1. The van der Waals surface area contributed by atoms with Gasteiger partial charge in [0.2, 0.25) is 5.91 Å². The van der Waals surface area contributed by atoms with Crippen molar-refractivity contribution in [2.45, 2.75) is 38.1 Å². The number of methoxy groups -OCH3 is 1. The zero-order valence-corrected chi connectivity index (χ0v) is 11.1. The van der Waals surface area contributed by atoms with Crippen molar-refractivity contribution in [1.29, 1.82) is 0 Å². The number of hydrogen-bond acceptors (Lipinski definition) is 3. The monoisotopic (exact) mass is 279 g/mol. The largest absolute Gasteiger partial charge is 0.467 e. The maximum Gasteiger partial charge on any atom is 0.328 e. The standard InChI is InChI=1S/C10H18BrNO3/c1-5-6(2)8(10(14)15-4)12-9(13)7(3)11/h6-8H,5H2,1-4H3,(H,12,13). The van der Waals surface area contributed by atoms with E-state index in [1.54, 1.807) is 6.92 Å². The van der Waals surface area contributed by atoms with Gasteiger partial charge in [-0.15, -0.1) is 0 Å². The van der Waals surface area contributed by atoms with Crippen molar-refractivity contribution in [1.82, 2.24) is 5.32 Å². The molecule has 0 aromatic carbocycles. The number of rotatable bonds is 5. The number of carbonyl (C=O) groups excluding carboxylic acids is 2. The van der Waals surface area contributed by atoms with Gasteiger partial charge in [-0.1, -0.05) is 36.2 Å². The minimum absolute atomic E-state index is 0.0626. The van der Waals surface area contributed by atoms with E-state index >= 15 is 0 Å². The zero-order valence-electron chi connectivity index (χ0n) is 9.54. The molecule has 0 fully saturated rings. The van der Waals surface area contributed by atoms with Gasteiger partial charge in [0.15, 0.2) is 0 Å². The highest BCUT2D eigenvalue weighted by Crippen LogP contribution is 2.10. The van der Waals surface area contributed by atoms with Gasteiger partial charge in [0.1, 0.15) is 6.04 Å². The Morgan fingerprint density at radius 1 is 1.40 bits per heavy atom. The Morgan fingerprint density at radius 2 is 1.93 bits per heavy atom. The molecule has 0 saturated heterocycles. The van der Waals surface area contributed by atoms with Gasteiger partial charge in [0.25, 0.3) is 0 Å². The third-order valence-electron chi connectivity index (χ3n) is 2.33. The number of amides is 1. The average Bonchev–Trinajstić information content (AvgIpc) is 2.23. The summed E-state index contributed by atoms with van der Waals surface area (Å²) in [5, 5.41) is 2.66. The predicted octanol–water partition coefficient (Wildman–Crippen LogP) is 1.47. The first-order chi connectivity index (χ1) is 6.93. The summed E-state index contributed by atoms with van der Waals surface area (Å²) < 4.78 is 4.65. The second-order valence-electron chi connectivity index (χ2n) is 3.51. The van der Waals surface area contributed by atoms with Crippen molar-refractivity contribution < 1.29 is 14.3 Å². The van der Waals surface area contributed by atoms with Gasteiger partial charge in [-0.2, -0.15) is 0 Å².